The minimum atomic E-state index is -2.88. The number of alkyl halides is 2. The Morgan fingerprint density at radius 3 is 2.55 bits per heavy atom. The Labute approximate surface area is 112 Å². The predicted octanol–water partition coefficient (Wildman–Crippen LogP) is 2.57. The zero-order chi connectivity index (χ0) is 14.5. The molecule has 0 N–H and O–H groups in total. The van der Waals surface area contributed by atoms with Gasteiger partial charge >= 0.3 is 6.61 Å². The summed E-state index contributed by atoms with van der Waals surface area (Å²) in [5.41, 5.74) is 0.531. The molecule has 1 unspecified atom stereocenters. The average molecular weight is 284 g/mol. The Balaban J connectivity index is 2.13. The van der Waals surface area contributed by atoms with Crippen LogP contribution in [0.3, 0.4) is 0 Å². The molecule has 0 bridgehead atoms. The van der Waals surface area contributed by atoms with Gasteiger partial charge in [0.25, 0.3) is 12.4 Å². The van der Waals surface area contributed by atoms with Crippen molar-refractivity contribution in [1.82, 2.24) is 10.2 Å². The number of hydrogen-bond donors (Lipinski definition) is 0. The largest absolute Gasteiger partial charge is 0.455 e. The summed E-state index contributed by atoms with van der Waals surface area (Å²) in [6.45, 7) is -1.02. The Morgan fingerprint density at radius 1 is 1.25 bits per heavy atom. The quantitative estimate of drug-likeness (QED) is 0.759. The second kappa shape index (κ2) is 6.09. The van der Waals surface area contributed by atoms with Gasteiger partial charge in [0.05, 0.1) is 0 Å². The number of aromatic nitrogens is 2. The Morgan fingerprint density at radius 2 is 1.95 bits per heavy atom. The topological polar surface area (TPSA) is 74.5 Å². The summed E-state index contributed by atoms with van der Waals surface area (Å²) >= 11 is 0. The van der Waals surface area contributed by atoms with Crippen LogP contribution in [0.2, 0.25) is 0 Å². The van der Waals surface area contributed by atoms with Crippen molar-refractivity contribution in [3.63, 3.8) is 0 Å². The lowest BCUT2D eigenvalue weighted by molar-refractivity contribution is -0.134. The third-order valence-corrected chi connectivity index (χ3v) is 2.37. The molecule has 0 amide bonds. The van der Waals surface area contributed by atoms with Gasteiger partial charge in [-0.05, 0) is 31.2 Å². The minimum absolute atomic E-state index is 0.0288. The molecule has 0 fully saturated rings. The minimum Gasteiger partial charge on any atom is -0.455 e. The van der Waals surface area contributed by atoms with Gasteiger partial charge in [-0.2, -0.15) is 8.78 Å². The van der Waals surface area contributed by atoms with Gasteiger partial charge in [-0.3, -0.25) is 4.79 Å². The molecule has 8 heteroatoms. The van der Waals surface area contributed by atoms with E-state index in [9.17, 15) is 13.6 Å². The second-order valence-electron chi connectivity index (χ2n) is 3.72. The first-order valence-corrected chi connectivity index (χ1v) is 5.58. The first-order valence-electron chi connectivity index (χ1n) is 5.58. The third kappa shape index (κ3) is 3.28. The number of rotatable bonds is 6. The first-order chi connectivity index (χ1) is 9.60. The van der Waals surface area contributed by atoms with Crippen LogP contribution >= 0.6 is 0 Å². The molecule has 20 heavy (non-hydrogen) atoms. The fourth-order valence-electron chi connectivity index (χ4n) is 1.44. The first kappa shape index (κ1) is 13.9. The lowest BCUT2D eigenvalue weighted by atomic mass is 10.2. The summed E-state index contributed by atoms with van der Waals surface area (Å²) in [4.78, 5) is 10.2. The van der Waals surface area contributed by atoms with E-state index in [0.29, 0.717) is 5.56 Å². The highest BCUT2D eigenvalue weighted by atomic mass is 19.3. The van der Waals surface area contributed by atoms with Gasteiger partial charge in [0.2, 0.25) is 5.89 Å². The van der Waals surface area contributed by atoms with Crippen LogP contribution in [0.1, 0.15) is 18.9 Å². The zero-order valence-corrected chi connectivity index (χ0v) is 10.3. The number of halogens is 2. The van der Waals surface area contributed by atoms with E-state index in [4.69, 9.17) is 4.42 Å². The molecular formula is C12H10F2N2O4. The van der Waals surface area contributed by atoms with E-state index in [1.54, 1.807) is 6.92 Å². The van der Waals surface area contributed by atoms with E-state index in [1.165, 1.54) is 24.3 Å². The highest BCUT2D eigenvalue weighted by Gasteiger charge is 2.15. The van der Waals surface area contributed by atoms with Gasteiger partial charge in [-0.25, -0.2) is 0 Å². The van der Waals surface area contributed by atoms with Crippen LogP contribution in [-0.2, 0) is 9.53 Å². The molecule has 106 valence electrons. The summed E-state index contributed by atoms with van der Waals surface area (Å²) in [6.07, 6.45) is -0.657. The van der Waals surface area contributed by atoms with Crippen LogP contribution in [0, 0.1) is 0 Å². The normalized spacial score (nSPS) is 12.2. The molecule has 0 saturated heterocycles. The van der Waals surface area contributed by atoms with Crippen molar-refractivity contribution in [2.45, 2.75) is 19.6 Å². The summed E-state index contributed by atoms with van der Waals surface area (Å²) < 4.78 is 38.2. The molecule has 0 aliphatic carbocycles. The van der Waals surface area contributed by atoms with E-state index < -0.39 is 12.7 Å². The van der Waals surface area contributed by atoms with Gasteiger partial charge in [0, 0.05) is 5.56 Å². The molecule has 0 radical (unpaired) electrons. The maximum atomic E-state index is 12.0. The maximum Gasteiger partial charge on any atom is 0.387 e. The van der Waals surface area contributed by atoms with E-state index >= 15 is 0 Å². The number of ether oxygens (including phenoxy) is 2. The Kier molecular flexibility index (Phi) is 4.24. The maximum absolute atomic E-state index is 12.0. The molecule has 2 aromatic rings. The van der Waals surface area contributed by atoms with Crippen molar-refractivity contribution < 1.29 is 27.5 Å². The molecule has 1 heterocycles. The van der Waals surface area contributed by atoms with Crippen molar-refractivity contribution in [1.29, 1.82) is 0 Å². The third-order valence-electron chi connectivity index (χ3n) is 2.37. The van der Waals surface area contributed by atoms with E-state index in [-0.39, 0.29) is 24.0 Å². The van der Waals surface area contributed by atoms with E-state index in [0.717, 1.165) is 0 Å². The van der Waals surface area contributed by atoms with E-state index in [2.05, 4.69) is 19.7 Å². The molecule has 0 aliphatic rings. The lowest BCUT2D eigenvalue weighted by Gasteiger charge is -2.04. The fraction of sp³-hybridized carbons (Fsp3) is 0.250. The summed E-state index contributed by atoms with van der Waals surface area (Å²) in [7, 11) is 0. The highest BCUT2D eigenvalue weighted by Crippen LogP contribution is 2.24. The van der Waals surface area contributed by atoms with Crippen LogP contribution < -0.4 is 4.74 Å². The van der Waals surface area contributed by atoms with Crippen molar-refractivity contribution in [3.05, 3.63) is 30.2 Å². The number of hydrogen-bond acceptors (Lipinski definition) is 6. The van der Waals surface area contributed by atoms with Crippen LogP contribution in [0.15, 0.2) is 28.7 Å². The standard InChI is InChI=1S/C12H10F2N2O4/c1-7(18-6-17)10-15-16-11(20-10)8-2-4-9(5-3-8)19-12(13)14/h2-7,12H,1H3. The van der Waals surface area contributed by atoms with Gasteiger partial charge in [-0.1, -0.05) is 0 Å². The number of nitrogens with zero attached hydrogens (tertiary/aromatic N) is 2. The van der Waals surface area contributed by atoms with Gasteiger partial charge in [0.15, 0.2) is 6.10 Å². The monoisotopic (exact) mass is 284 g/mol. The number of carbonyl (C=O) groups is 1. The number of carbonyl (C=O) groups excluding carboxylic acids is 1. The van der Waals surface area contributed by atoms with Gasteiger partial charge < -0.3 is 13.9 Å². The van der Waals surface area contributed by atoms with Crippen LogP contribution in [0.4, 0.5) is 8.78 Å². The molecule has 0 aliphatic heterocycles. The SMILES string of the molecule is CC(OC=O)c1nnc(-c2ccc(OC(F)F)cc2)o1. The zero-order valence-electron chi connectivity index (χ0n) is 10.3. The summed E-state index contributed by atoms with van der Waals surface area (Å²) in [6, 6.07) is 5.72. The fourth-order valence-corrected chi connectivity index (χ4v) is 1.44. The second-order valence-corrected chi connectivity index (χ2v) is 3.72. The highest BCUT2D eigenvalue weighted by molar-refractivity contribution is 5.54. The predicted molar refractivity (Wildman–Crippen MR) is 61.9 cm³/mol. The molecule has 2 rings (SSSR count). The molecular weight excluding hydrogens is 274 g/mol. The van der Waals surface area contributed by atoms with Crippen molar-refractivity contribution in [2.75, 3.05) is 0 Å². The molecule has 1 aromatic carbocycles. The lowest BCUT2D eigenvalue weighted by Crippen LogP contribution is -2.01. The molecule has 1 atom stereocenters. The molecule has 1 aromatic heterocycles. The van der Waals surface area contributed by atoms with Gasteiger partial charge in [-0.15, -0.1) is 10.2 Å². The van der Waals surface area contributed by atoms with Gasteiger partial charge in [0.1, 0.15) is 5.75 Å². The van der Waals surface area contributed by atoms with E-state index in [1.807, 2.05) is 0 Å². The van der Waals surface area contributed by atoms with Crippen molar-refractivity contribution in [2.24, 2.45) is 0 Å². The summed E-state index contributed by atoms with van der Waals surface area (Å²) in [5, 5.41) is 7.51. The van der Waals surface area contributed by atoms with Crippen molar-refractivity contribution >= 4 is 6.47 Å². The van der Waals surface area contributed by atoms with Crippen LogP contribution in [-0.4, -0.2) is 23.3 Å². The Bertz CT molecular complexity index is 571. The van der Waals surface area contributed by atoms with Crippen LogP contribution in [0.5, 0.6) is 5.75 Å². The van der Waals surface area contributed by atoms with Crippen LogP contribution in [0.25, 0.3) is 11.5 Å². The molecule has 6 nitrogen and oxygen atoms in total. The summed E-state index contributed by atoms with van der Waals surface area (Å²) in [5.74, 6) is 0.353. The Hall–Kier alpha value is -2.51. The average Bonchev–Trinajstić information content (AvgIpc) is 2.89. The molecule has 0 spiro atoms. The molecule has 0 saturated carbocycles. The smallest absolute Gasteiger partial charge is 0.387 e. The van der Waals surface area contributed by atoms with Crippen molar-refractivity contribution in [3.8, 4) is 17.2 Å². The number of benzene rings is 1.